The second-order valence-electron chi connectivity index (χ2n) is 3.84. The Morgan fingerprint density at radius 3 is 2.44 bits per heavy atom. The Morgan fingerprint density at radius 1 is 1.06 bits per heavy atom. The number of aryl methyl sites for hydroxylation is 1. The van der Waals surface area contributed by atoms with Crippen molar-refractivity contribution in [2.24, 2.45) is 0 Å². The number of ether oxygens (including phenoxy) is 1. The number of benzene rings is 2. The minimum absolute atomic E-state index is 0.546. The molecule has 0 aliphatic heterocycles. The van der Waals surface area contributed by atoms with Crippen LogP contribution in [0.5, 0.6) is 11.5 Å². The molecule has 4 heteroatoms. The van der Waals surface area contributed by atoms with Gasteiger partial charge >= 0.3 is 0 Å². The number of carbonyl (C=O) groups excluding carboxylic acids is 1. The average Bonchev–Trinajstić information content (AvgIpc) is 2.34. The highest BCUT2D eigenvalue weighted by atomic mass is 79.9. The van der Waals surface area contributed by atoms with Crippen LogP contribution in [-0.2, 0) is 0 Å². The maximum absolute atomic E-state index is 11.0. The van der Waals surface area contributed by atoms with Gasteiger partial charge in [-0.25, -0.2) is 0 Å². The molecule has 0 N–H and O–H groups in total. The fraction of sp³-hybridized carbons (Fsp3) is 0.0714. The molecule has 18 heavy (non-hydrogen) atoms. The zero-order valence-electron chi connectivity index (χ0n) is 9.61. The van der Waals surface area contributed by atoms with E-state index in [9.17, 15) is 4.79 Å². The van der Waals surface area contributed by atoms with Crippen molar-refractivity contribution in [2.75, 3.05) is 0 Å². The van der Waals surface area contributed by atoms with E-state index in [4.69, 9.17) is 4.74 Å². The van der Waals surface area contributed by atoms with Crippen LogP contribution < -0.4 is 4.74 Å². The lowest BCUT2D eigenvalue weighted by Crippen LogP contribution is -1.92. The molecule has 0 radical (unpaired) electrons. The van der Waals surface area contributed by atoms with Gasteiger partial charge in [-0.1, -0.05) is 27.6 Å². The molecule has 0 aliphatic carbocycles. The maximum atomic E-state index is 11.0. The van der Waals surface area contributed by atoms with Gasteiger partial charge in [-0.2, -0.15) is 0 Å². The quantitative estimate of drug-likeness (QED) is 0.701. The van der Waals surface area contributed by atoms with Crippen molar-refractivity contribution < 1.29 is 9.53 Å². The monoisotopic (exact) mass is 368 g/mol. The molecule has 2 rings (SSSR count). The van der Waals surface area contributed by atoms with Crippen molar-refractivity contribution in [1.29, 1.82) is 0 Å². The fourth-order valence-electron chi connectivity index (χ4n) is 1.53. The number of hydrogen-bond acceptors (Lipinski definition) is 2. The topological polar surface area (TPSA) is 26.3 Å². The highest BCUT2D eigenvalue weighted by molar-refractivity contribution is 9.11. The molecular weight excluding hydrogens is 360 g/mol. The molecule has 2 aromatic carbocycles. The molecule has 0 aromatic heterocycles. The molecule has 0 bridgehead atoms. The largest absolute Gasteiger partial charge is 0.455 e. The van der Waals surface area contributed by atoms with E-state index in [2.05, 4.69) is 31.9 Å². The standard InChI is InChI=1S/C14H10Br2O2/c1-9-2-4-13(10(6-9)8-17)18-14-5-3-11(15)7-12(14)16/h2-8H,1H3. The van der Waals surface area contributed by atoms with Gasteiger partial charge in [0.25, 0.3) is 0 Å². The summed E-state index contributed by atoms with van der Waals surface area (Å²) in [4.78, 5) is 11.0. The van der Waals surface area contributed by atoms with Crippen molar-refractivity contribution >= 4 is 38.1 Å². The Balaban J connectivity index is 2.36. The number of aldehydes is 1. The first-order chi connectivity index (χ1) is 8.60. The summed E-state index contributed by atoms with van der Waals surface area (Å²) >= 11 is 6.80. The Hall–Kier alpha value is -1.13. The molecule has 2 nitrogen and oxygen atoms in total. The van der Waals surface area contributed by atoms with E-state index < -0.39 is 0 Å². The van der Waals surface area contributed by atoms with Crippen LogP contribution in [0.3, 0.4) is 0 Å². The zero-order valence-corrected chi connectivity index (χ0v) is 12.8. The molecule has 0 unspecified atom stereocenters. The lowest BCUT2D eigenvalue weighted by molar-refractivity contribution is 0.112. The summed E-state index contributed by atoms with van der Waals surface area (Å²) < 4.78 is 7.53. The van der Waals surface area contributed by atoms with E-state index in [-0.39, 0.29) is 0 Å². The van der Waals surface area contributed by atoms with Gasteiger partial charge in [-0.05, 0) is 53.2 Å². The van der Waals surface area contributed by atoms with Gasteiger partial charge in [0.15, 0.2) is 6.29 Å². The fourth-order valence-corrected chi connectivity index (χ4v) is 2.66. The van der Waals surface area contributed by atoms with Crippen LogP contribution in [0.1, 0.15) is 15.9 Å². The molecule has 0 fully saturated rings. The Morgan fingerprint density at radius 2 is 1.78 bits per heavy atom. The van der Waals surface area contributed by atoms with Crippen LogP contribution >= 0.6 is 31.9 Å². The van der Waals surface area contributed by atoms with E-state index in [1.165, 1.54) is 0 Å². The minimum Gasteiger partial charge on any atom is -0.455 e. The van der Waals surface area contributed by atoms with Gasteiger partial charge in [0.1, 0.15) is 11.5 Å². The number of hydrogen-bond donors (Lipinski definition) is 0. The van der Waals surface area contributed by atoms with Crippen molar-refractivity contribution in [1.82, 2.24) is 0 Å². The highest BCUT2D eigenvalue weighted by Gasteiger charge is 2.07. The van der Waals surface area contributed by atoms with Crippen molar-refractivity contribution in [3.8, 4) is 11.5 Å². The van der Waals surface area contributed by atoms with Crippen molar-refractivity contribution in [3.05, 3.63) is 56.5 Å². The third-order valence-corrected chi connectivity index (χ3v) is 3.52. The smallest absolute Gasteiger partial charge is 0.153 e. The van der Waals surface area contributed by atoms with Crippen molar-refractivity contribution in [3.63, 3.8) is 0 Å². The number of rotatable bonds is 3. The normalized spacial score (nSPS) is 10.2. The molecule has 0 saturated carbocycles. The van der Waals surface area contributed by atoms with Gasteiger partial charge in [0.05, 0.1) is 10.0 Å². The number of carbonyl (C=O) groups is 1. The molecule has 2 aromatic rings. The minimum atomic E-state index is 0.546. The summed E-state index contributed by atoms with van der Waals surface area (Å²) in [5.74, 6) is 1.23. The van der Waals surface area contributed by atoms with E-state index in [1.54, 1.807) is 12.1 Å². The third kappa shape index (κ3) is 3.00. The highest BCUT2D eigenvalue weighted by Crippen LogP contribution is 2.33. The molecule has 0 saturated heterocycles. The lowest BCUT2D eigenvalue weighted by atomic mass is 10.1. The van der Waals surface area contributed by atoms with Crippen LogP contribution in [0.25, 0.3) is 0 Å². The van der Waals surface area contributed by atoms with E-state index in [1.807, 2.05) is 31.2 Å². The predicted molar refractivity (Wildman–Crippen MR) is 78.5 cm³/mol. The molecule has 0 spiro atoms. The third-order valence-electron chi connectivity index (χ3n) is 2.41. The first-order valence-electron chi connectivity index (χ1n) is 5.29. The van der Waals surface area contributed by atoms with E-state index in [0.29, 0.717) is 17.1 Å². The summed E-state index contributed by atoms with van der Waals surface area (Å²) in [6, 6.07) is 11.1. The average molecular weight is 370 g/mol. The van der Waals surface area contributed by atoms with Crippen LogP contribution in [0.15, 0.2) is 45.3 Å². The molecule has 0 aliphatic rings. The van der Waals surface area contributed by atoms with Crippen molar-refractivity contribution in [2.45, 2.75) is 6.92 Å². The Labute approximate surface area is 122 Å². The first-order valence-corrected chi connectivity index (χ1v) is 6.87. The lowest BCUT2D eigenvalue weighted by Gasteiger charge is -2.10. The van der Waals surface area contributed by atoms with Gasteiger partial charge in [-0.15, -0.1) is 0 Å². The van der Waals surface area contributed by atoms with Gasteiger partial charge < -0.3 is 4.74 Å². The summed E-state index contributed by atoms with van der Waals surface area (Å²) in [5.41, 5.74) is 1.57. The second kappa shape index (κ2) is 5.67. The van der Waals surface area contributed by atoms with Crippen LogP contribution in [0.2, 0.25) is 0 Å². The Bertz CT molecular complexity index is 594. The maximum Gasteiger partial charge on any atom is 0.153 e. The first kappa shape index (κ1) is 13.3. The molecule has 92 valence electrons. The summed E-state index contributed by atoms with van der Waals surface area (Å²) in [5, 5.41) is 0. The van der Waals surface area contributed by atoms with Gasteiger partial charge in [-0.3, -0.25) is 4.79 Å². The molecular formula is C14H10Br2O2. The summed E-state index contributed by atoms with van der Waals surface area (Å²) in [6.07, 6.45) is 0.801. The van der Waals surface area contributed by atoms with Crippen LogP contribution in [0, 0.1) is 6.92 Å². The van der Waals surface area contributed by atoms with Crippen LogP contribution in [0.4, 0.5) is 0 Å². The summed E-state index contributed by atoms with van der Waals surface area (Å²) in [6.45, 7) is 1.94. The molecule has 0 atom stereocenters. The molecule has 0 heterocycles. The SMILES string of the molecule is Cc1ccc(Oc2ccc(Br)cc2Br)c(C=O)c1. The zero-order chi connectivity index (χ0) is 13.1. The predicted octanol–water partition coefficient (Wildman–Crippen LogP) is 5.12. The van der Waals surface area contributed by atoms with Gasteiger partial charge in [0.2, 0.25) is 0 Å². The number of halogens is 2. The van der Waals surface area contributed by atoms with E-state index in [0.717, 1.165) is 20.8 Å². The Kier molecular flexibility index (Phi) is 4.19. The van der Waals surface area contributed by atoms with Gasteiger partial charge in [0, 0.05) is 4.47 Å². The van der Waals surface area contributed by atoms with E-state index >= 15 is 0 Å². The second-order valence-corrected chi connectivity index (χ2v) is 5.61. The molecule has 0 amide bonds. The van der Waals surface area contributed by atoms with Crippen LogP contribution in [-0.4, -0.2) is 6.29 Å². The summed E-state index contributed by atoms with van der Waals surface area (Å²) in [7, 11) is 0.